The molecule has 0 aromatic heterocycles. The van der Waals surface area contributed by atoms with E-state index in [2.05, 4.69) is 80.2 Å². The Bertz CT molecular complexity index is 3730. The lowest BCUT2D eigenvalue weighted by Gasteiger charge is -2.62. The van der Waals surface area contributed by atoms with Crippen molar-refractivity contribution in [2.45, 2.75) is 0 Å². The summed E-state index contributed by atoms with van der Waals surface area (Å²) in [5, 5.41) is 31.4. The molecule has 0 unspecified atom stereocenters. The van der Waals surface area contributed by atoms with Crippen LogP contribution in [0.1, 0.15) is 0 Å². The van der Waals surface area contributed by atoms with Crippen molar-refractivity contribution in [3.05, 3.63) is 278 Å². The molecule has 6 saturated heterocycles. The van der Waals surface area contributed by atoms with Gasteiger partial charge in [0.1, 0.15) is 0 Å². The van der Waals surface area contributed by atoms with Crippen molar-refractivity contribution in [1.82, 2.24) is 0 Å². The first-order valence-corrected chi connectivity index (χ1v) is 40.3. The van der Waals surface area contributed by atoms with Gasteiger partial charge in [-0.15, -0.1) is 0 Å². The Hall–Kier alpha value is -10.5. The van der Waals surface area contributed by atoms with E-state index >= 15 is 0 Å². The first-order valence-electron chi connectivity index (χ1n) is 26.5. The molecule has 0 aliphatic carbocycles. The number of rotatable bonds is 16. The average Bonchev–Trinajstić information content (AvgIpc) is 0.667. The first kappa shape index (κ1) is 60.4. The minimum absolute atomic E-state index is 0.0723. The Balaban J connectivity index is 1.27. The summed E-state index contributed by atoms with van der Waals surface area (Å²) in [7, 11) is -44.2. The fourth-order valence-corrected chi connectivity index (χ4v) is 56.2. The molecule has 8 aromatic carbocycles. The second-order valence-corrected chi connectivity index (χ2v) is 42.9. The van der Waals surface area contributed by atoms with Crippen LogP contribution < -0.4 is 41.5 Å². The minimum atomic E-state index is -5.52. The van der Waals surface area contributed by atoms with Gasteiger partial charge < -0.3 is 49.4 Å². The van der Waals surface area contributed by atoms with Crippen molar-refractivity contribution in [3.8, 4) is 0 Å². The summed E-state index contributed by atoms with van der Waals surface area (Å²) in [6, 6.07) is 47.5. The van der Waals surface area contributed by atoms with Crippen molar-refractivity contribution in [3.63, 3.8) is 0 Å². The van der Waals surface area contributed by atoms with Crippen LogP contribution >= 0.6 is 0 Å². The van der Waals surface area contributed by atoms with Crippen molar-refractivity contribution in [2.24, 2.45) is 40.9 Å². The first-order chi connectivity index (χ1) is 44.8. The third kappa shape index (κ3) is 10.7. The molecule has 8 aromatic rings. The summed E-state index contributed by atoms with van der Waals surface area (Å²) in [6.45, 7) is 0. The van der Waals surface area contributed by atoms with Crippen molar-refractivity contribution < 1.29 is 49.4 Å². The maximum Gasteiger partial charge on any atom is 0.515 e. The van der Waals surface area contributed by atoms with Gasteiger partial charge in [0.25, 0.3) is 0 Å². The van der Waals surface area contributed by atoms with Crippen LogP contribution in [0.2, 0.25) is 0 Å². The van der Waals surface area contributed by atoms with Crippen LogP contribution in [0.3, 0.4) is 0 Å². The highest BCUT2D eigenvalue weighted by molar-refractivity contribution is 7.14. The molecule has 6 aliphatic heterocycles. The number of hydrogen-bond acceptors (Lipinski definition) is 20. The van der Waals surface area contributed by atoms with Crippen LogP contribution in [-0.4, -0.2) is 70.4 Å². The highest BCUT2D eigenvalue weighted by Crippen LogP contribution is 2.49. The molecule has 0 radical (unpaired) electrons. The molecule has 0 atom stereocenters. The zero-order valence-electron chi connectivity index (χ0n) is 46.1. The highest BCUT2D eigenvalue weighted by Gasteiger charge is 2.86. The van der Waals surface area contributed by atoms with E-state index < -0.39 is 70.4 Å². The highest BCUT2D eigenvalue weighted by atomic mass is 28.6. The summed E-state index contributed by atoms with van der Waals surface area (Å²) in [6.07, 6.45) is 0. The van der Waals surface area contributed by atoms with Crippen LogP contribution in [0.15, 0.2) is 235 Å². The lowest BCUT2D eigenvalue weighted by Crippen LogP contribution is -2.96. The minimum Gasteiger partial charge on any atom is -0.366 e. The summed E-state index contributed by atoms with van der Waals surface area (Å²) < 4.78 is 96.9. The topological polar surface area (TPSA) is 501 Å². The molecule has 6 aliphatic rings. The number of benzene rings is 8. The third-order valence-corrected chi connectivity index (χ3v) is 48.4. The van der Waals surface area contributed by atoms with Crippen LogP contribution in [-0.2, 0) is 49.4 Å². The monoisotopic (exact) mass is 1360 g/mol. The molecule has 0 N–H and O–H groups in total. The summed E-state index contributed by atoms with van der Waals surface area (Å²) in [5.74, 6) is 0. The van der Waals surface area contributed by atoms with Gasteiger partial charge in [-0.25, -0.2) is 0 Å². The van der Waals surface area contributed by atoms with Crippen molar-refractivity contribution in [1.29, 1.82) is 0 Å². The molecule has 6 fully saturated rings. The second-order valence-electron chi connectivity index (χ2n) is 19.6. The molecule has 6 heterocycles. The largest absolute Gasteiger partial charge is 0.515 e. The van der Waals surface area contributed by atoms with Crippen LogP contribution in [0.25, 0.3) is 83.5 Å². The van der Waals surface area contributed by atoms with Crippen LogP contribution in [0, 0.1) is 0 Å². The Morgan fingerprint density at radius 2 is 0.250 bits per heavy atom. The standard InChI is InChI=1S/C48H32N24O12Si8/c49-65-57-33-1-17-41(18-2-33)85-73-86(42-19-3-34(4-20-42)58-66-50)76-89(45-25-9-37(10-26-45)61-69-53)78-87(74-85,43-21-5-35(6-22-43)59-67-51)80-91(47-29-13-39(14-30-47)63-71-55)81-88(75-85,44-23-7-36(8-24-44)60-68-52)79-90(77-86,46-27-11-38(12-28-46)62-70-54)83-92(82-89,84-91)48-31-15-40(16-32-48)64-72-56/h1-32H. The molecule has 448 valence electrons. The van der Waals surface area contributed by atoms with Gasteiger partial charge in [0.05, 0.1) is 0 Å². The van der Waals surface area contributed by atoms with Gasteiger partial charge in [0, 0.05) is 126 Å². The quantitative estimate of drug-likeness (QED) is 0.0377. The SMILES string of the molecule is [N-]=[N+]=Nc1ccc([Si]23O[Si]4(c5ccc(N=[N+]=[N-])cc5)O[Si]5(c6ccc(N=[N+]=[N-])cc6)O[Si](c6ccc(N=[N+]=[N-])cc6)(O2)O[Si]2(c6ccc(N=[N+]=[N-])cc6)O[Si](c6ccc(N=[N+]=[N-])cc6)(O3)O[Si](c3ccc(N=[N+]=[N-])cc3)(O4)O[Si](c3ccc(N=[N+]=[N-])cc3)(O5)O2)cc1. The maximum atomic E-state index is 9.71. The van der Waals surface area contributed by atoms with Crippen LogP contribution in [0.4, 0.5) is 45.5 Å². The van der Waals surface area contributed by atoms with Gasteiger partial charge in [-0.2, -0.15) is 0 Å². The predicted octanol–water partition coefficient (Wildman–Crippen LogP) is 10.6. The van der Waals surface area contributed by atoms with E-state index in [4.69, 9.17) is 49.4 Å². The fraction of sp³-hybridized carbons (Fsp3) is 0. The molecule has 92 heavy (non-hydrogen) atoms. The van der Waals surface area contributed by atoms with Gasteiger partial charge in [0.15, 0.2) is 0 Å². The molecular weight excluding hydrogens is 1330 g/mol. The molecule has 36 nitrogen and oxygen atoms in total. The zero-order chi connectivity index (χ0) is 63.7. The summed E-state index contributed by atoms with van der Waals surface area (Å²) in [4.78, 5) is 24.0. The molecular formula is C48H32N24O12Si8. The Morgan fingerprint density at radius 3 is 0.326 bits per heavy atom. The van der Waals surface area contributed by atoms with E-state index in [1.54, 1.807) is 0 Å². The molecule has 0 saturated carbocycles. The lowest BCUT2D eigenvalue weighted by molar-refractivity contribution is -0.00296. The van der Waals surface area contributed by atoms with Crippen molar-refractivity contribution in [2.75, 3.05) is 0 Å². The van der Waals surface area contributed by atoms with Gasteiger partial charge in [-0.05, 0) is 44.2 Å². The van der Waals surface area contributed by atoms with E-state index in [-0.39, 0.29) is 87.0 Å². The Morgan fingerprint density at radius 1 is 0.163 bits per heavy atom. The van der Waals surface area contributed by atoms with Crippen molar-refractivity contribution >= 4 is 157 Å². The zero-order valence-corrected chi connectivity index (χ0v) is 54.1. The van der Waals surface area contributed by atoms with Gasteiger partial charge in [0.2, 0.25) is 0 Å². The molecule has 0 spiro atoms. The van der Waals surface area contributed by atoms with E-state index in [0.717, 1.165) is 0 Å². The number of nitrogens with zero attached hydrogens (tertiary/aromatic N) is 24. The number of azide groups is 8. The predicted molar refractivity (Wildman–Crippen MR) is 338 cm³/mol. The van der Waals surface area contributed by atoms with E-state index in [9.17, 15) is 44.2 Å². The summed E-state index contributed by atoms with van der Waals surface area (Å²) >= 11 is 0. The van der Waals surface area contributed by atoms with E-state index in [1.807, 2.05) is 0 Å². The lowest BCUT2D eigenvalue weighted by atomic mass is 10.3. The maximum absolute atomic E-state index is 9.71. The third-order valence-electron chi connectivity index (χ3n) is 14.3. The van der Waals surface area contributed by atoms with Crippen LogP contribution in [0.5, 0.6) is 0 Å². The van der Waals surface area contributed by atoms with Gasteiger partial charge in [-0.3, -0.25) is 0 Å². The average molecular weight is 1360 g/mol. The smallest absolute Gasteiger partial charge is 0.366 e. The molecule has 14 rings (SSSR count). The Kier molecular flexibility index (Phi) is 15.8. The fourth-order valence-electron chi connectivity index (χ4n) is 10.3. The number of hydrogen-bond donors (Lipinski definition) is 0. The molecule has 0 amide bonds. The molecule has 44 heteroatoms. The van der Waals surface area contributed by atoms with Gasteiger partial charge >= 0.3 is 70.4 Å². The second kappa shape index (κ2) is 24.0. The molecule has 8 bridgehead atoms. The normalized spacial score (nSPS) is 27.0. The summed E-state index contributed by atoms with van der Waals surface area (Å²) in [5.41, 5.74) is 78.6. The van der Waals surface area contributed by atoms with E-state index in [0.29, 0.717) is 0 Å². The Labute approximate surface area is 522 Å². The van der Waals surface area contributed by atoms with Gasteiger partial charge in [-0.1, -0.05) is 235 Å². The van der Waals surface area contributed by atoms with E-state index in [1.165, 1.54) is 194 Å².